The Hall–Kier alpha value is -1.07. The number of halogens is 1. The molecule has 0 spiro atoms. The van der Waals surface area contributed by atoms with E-state index in [0.717, 1.165) is 36.9 Å². The second-order valence-electron chi connectivity index (χ2n) is 6.06. The van der Waals surface area contributed by atoms with Crippen molar-refractivity contribution in [3.05, 3.63) is 28.2 Å². The Morgan fingerprint density at radius 3 is 2.86 bits per heavy atom. The van der Waals surface area contributed by atoms with Crippen molar-refractivity contribution in [3.63, 3.8) is 0 Å². The maximum Gasteiger partial charge on any atom is 0.257 e. The Morgan fingerprint density at radius 1 is 1.38 bits per heavy atom. The van der Waals surface area contributed by atoms with Gasteiger partial charge in [-0.25, -0.2) is 0 Å². The van der Waals surface area contributed by atoms with Gasteiger partial charge in [0.15, 0.2) is 0 Å². The maximum absolute atomic E-state index is 12.8. The molecule has 2 aliphatic rings. The third kappa shape index (κ3) is 3.58. The molecular weight excluding hydrogens is 332 g/mol. The molecule has 1 aromatic carbocycles. The van der Waals surface area contributed by atoms with Crippen molar-refractivity contribution in [1.29, 1.82) is 0 Å². The van der Waals surface area contributed by atoms with Crippen LogP contribution in [0.1, 0.15) is 36.0 Å². The molecule has 1 amide bonds. The zero-order valence-corrected chi connectivity index (χ0v) is 13.6. The molecule has 2 N–H and O–H groups in total. The molecule has 1 heterocycles. The van der Waals surface area contributed by atoms with Gasteiger partial charge >= 0.3 is 0 Å². The molecule has 1 atom stereocenters. The summed E-state index contributed by atoms with van der Waals surface area (Å²) >= 11 is 3.37. The van der Waals surface area contributed by atoms with E-state index in [1.54, 1.807) is 18.2 Å². The highest BCUT2D eigenvalue weighted by Gasteiger charge is 2.35. The van der Waals surface area contributed by atoms with E-state index in [0.29, 0.717) is 17.5 Å². The number of hydrogen-bond donors (Lipinski definition) is 2. The van der Waals surface area contributed by atoms with Crippen molar-refractivity contribution < 1.29 is 9.90 Å². The number of piperidine rings is 1. The summed E-state index contributed by atoms with van der Waals surface area (Å²) in [6, 6.07) is 5.40. The van der Waals surface area contributed by atoms with E-state index < -0.39 is 0 Å². The lowest BCUT2D eigenvalue weighted by molar-refractivity contribution is 0.0701. The molecule has 1 aromatic rings. The standard InChI is InChI=1S/C16H21BrN2O2/c17-12-3-6-15(20)14(8-12)16(21)19(13-4-5-13)10-11-2-1-7-18-9-11/h3,6,8,11,13,18,20H,1-2,4-5,7,9-10H2. The summed E-state index contributed by atoms with van der Waals surface area (Å²) in [5.74, 6) is 0.551. The molecule has 4 nitrogen and oxygen atoms in total. The minimum Gasteiger partial charge on any atom is -0.507 e. The zero-order valence-electron chi connectivity index (χ0n) is 12.0. The highest BCUT2D eigenvalue weighted by atomic mass is 79.9. The van der Waals surface area contributed by atoms with Gasteiger partial charge in [0.25, 0.3) is 5.91 Å². The first-order valence-corrected chi connectivity index (χ1v) is 8.44. The summed E-state index contributed by atoms with van der Waals surface area (Å²) in [6.07, 6.45) is 4.52. The Morgan fingerprint density at radius 2 is 2.19 bits per heavy atom. The number of rotatable bonds is 4. The fraction of sp³-hybridized carbons (Fsp3) is 0.562. The van der Waals surface area contributed by atoms with Crippen molar-refractivity contribution in [2.45, 2.75) is 31.7 Å². The molecule has 0 radical (unpaired) electrons. The summed E-state index contributed by atoms with van der Waals surface area (Å²) < 4.78 is 0.818. The summed E-state index contributed by atoms with van der Waals surface area (Å²) in [6.45, 7) is 2.86. The van der Waals surface area contributed by atoms with Crippen LogP contribution < -0.4 is 5.32 Å². The highest BCUT2D eigenvalue weighted by molar-refractivity contribution is 9.10. The van der Waals surface area contributed by atoms with Crippen molar-refractivity contribution in [1.82, 2.24) is 10.2 Å². The normalized spacial score (nSPS) is 22.0. The van der Waals surface area contributed by atoms with Crippen molar-refractivity contribution in [2.75, 3.05) is 19.6 Å². The van der Waals surface area contributed by atoms with Gasteiger partial charge in [0.2, 0.25) is 0 Å². The Kier molecular flexibility index (Phi) is 4.50. The molecule has 1 aliphatic carbocycles. The van der Waals surface area contributed by atoms with Gasteiger partial charge in [-0.15, -0.1) is 0 Å². The minimum atomic E-state index is -0.0399. The number of phenolic OH excluding ortho intramolecular Hbond substituents is 1. The lowest BCUT2D eigenvalue weighted by atomic mass is 9.98. The van der Waals surface area contributed by atoms with Crippen molar-refractivity contribution >= 4 is 21.8 Å². The van der Waals surface area contributed by atoms with Crippen molar-refractivity contribution in [2.24, 2.45) is 5.92 Å². The zero-order chi connectivity index (χ0) is 14.8. The Balaban J connectivity index is 1.76. The molecule has 2 fully saturated rings. The van der Waals surface area contributed by atoms with Gasteiger partial charge in [-0.2, -0.15) is 0 Å². The van der Waals surface area contributed by atoms with Gasteiger partial charge in [-0.1, -0.05) is 15.9 Å². The molecule has 0 aromatic heterocycles. The van der Waals surface area contributed by atoms with Crippen LogP contribution in [-0.4, -0.2) is 41.6 Å². The summed E-state index contributed by atoms with van der Waals surface area (Å²) in [7, 11) is 0. The van der Waals surface area contributed by atoms with E-state index in [2.05, 4.69) is 21.2 Å². The molecule has 1 aliphatic heterocycles. The van der Waals surface area contributed by atoms with Crippen LogP contribution in [0.15, 0.2) is 22.7 Å². The van der Waals surface area contributed by atoms with E-state index in [1.807, 2.05) is 4.90 Å². The lowest BCUT2D eigenvalue weighted by Crippen LogP contribution is -2.42. The van der Waals surface area contributed by atoms with E-state index in [4.69, 9.17) is 0 Å². The molecule has 114 valence electrons. The second kappa shape index (κ2) is 6.36. The van der Waals surface area contributed by atoms with Crippen LogP contribution >= 0.6 is 15.9 Å². The fourth-order valence-electron chi connectivity index (χ4n) is 2.98. The van der Waals surface area contributed by atoms with Crippen LogP contribution in [-0.2, 0) is 0 Å². The number of nitrogens with one attached hydrogen (secondary N) is 1. The van der Waals surface area contributed by atoms with E-state index >= 15 is 0 Å². The first kappa shape index (κ1) is 14.9. The van der Waals surface area contributed by atoms with E-state index in [9.17, 15) is 9.90 Å². The SMILES string of the molecule is O=C(c1cc(Br)ccc1O)N(CC1CCCNC1)C1CC1. The number of phenols is 1. The van der Waals surface area contributed by atoms with Gasteiger partial charge in [-0.05, 0) is 62.9 Å². The number of nitrogens with zero attached hydrogens (tertiary/aromatic N) is 1. The Labute approximate surface area is 133 Å². The third-order valence-electron chi connectivity index (χ3n) is 4.29. The molecular formula is C16H21BrN2O2. The maximum atomic E-state index is 12.8. The first-order valence-electron chi connectivity index (χ1n) is 7.65. The highest BCUT2D eigenvalue weighted by Crippen LogP contribution is 2.32. The summed E-state index contributed by atoms with van der Waals surface area (Å²) in [5, 5.41) is 13.4. The predicted molar refractivity (Wildman–Crippen MR) is 85.5 cm³/mol. The topological polar surface area (TPSA) is 52.6 Å². The number of hydrogen-bond acceptors (Lipinski definition) is 3. The fourth-order valence-corrected chi connectivity index (χ4v) is 3.34. The Bertz CT molecular complexity index is 525. The van der Waals surface area contributed by atoms with E-state index in [1.165, 1.54) is 12.8 Å². The molecule has 0 bridgehead atoms. The van der Waals surface area contributed by atoms with Crippen LogP contribution in [0.2, 0.25) is 0 Å². The molecule has 5 heteroatoms. The second-order valence-corrected chi connectivity index (χ2v) is 6.98. The van der Waals surface area contributed by atoms with Gasteiger partial charge in [0.1, 0.15) is 5.75 Å². The smallest absolute Gasteiger partial charge is 0.257 e. The van der Waals surface area contributed by atoms with Crippen LogP contribution in [0, 0.1) is 5.92 Å². The number of aromatic hydroxyl groups is 1. The predicted octanol–water partition coefficient (Wildman–Crippen LogP) is 2.76. The monoisotopic (exact) mass is 352 g/mol. The van der Waals surface area contributed by atoms with Crippen LogP contribution in [0.4, 0.5) is 0 Å². The van der Waals surface area contributed by atoms with E-state index in [-0.39, 0.29) is 11.7 Å². The number of amides is 1. The largest absolute Gasteiger partial charge is 0.507 e. The average molecular weight is 353 g/mol. The summed E-state index contributed by atoms with van der Waals surface area (Å²) in [5.41, 5.74) is 0.403. The number of carbonyl (C=O) groups is 1. The lowest BCUT2D eigenvalue weighted by Gasteiger charge is -2.30. The molecule has 3 rings (SSSR count). The molecule has 21 heavy (non-hydrogen) atoms. The van der Waals surface area contributed by atoms with Gasteiger partial charge in [0.05, 0.1) is 5.56 Å². The summed E-state index contributed by atoms with van der Waals surface area (Å²) in [4.78, 5) is 14.8. The molecule has 1 unspecified atom stereocenters. The number of benzene rings is 1. The van der Waals surface area contributed by atoms with Crippen LogP contribution in [0.25, 0.3) is 0 Å². The average Bonchev–Trinajstić information content (AvgIpc) is 3.32. The third-order valence-corrected chi connectivity index (χ3v) is 4.78. The van der Waals surface area contributed by atoms with Crippen molar-refractivity contribution in [3.8, 4) is 5.75 Å². The number of carbonyl (C=O) groups excluding carboxylic acids is 1. The van der Waals surface area contributed by atoms with Crippen LogP contribution in [0.3, 0.4) is 0 Å². The van der Waals surface area contributed by atoms with Gasteiger partial charge < -0.3 is 15.3 Å². The molecule has 1 saturated heterocycles. The quantitative estimate of drug-likeness (QED) is 0.875. The molecule has 1 saturated carbocycles. The minimum absolute atomic E-state index is 0.0399. The first-order chi connectivity index (χ1) is 10.1. The van der Waals surface area contributed by atoms with Crippen LogP contribution in [0.5, 0.6) is 5.75 Å². The van der Waals surface area contributed by atoms with Gasteiger partial charge in [0, 0.05) is 17.1 Å². The van der Waals surface area contributed by atoms with Gasteiger partial charge in [-0.3, -0.25) is 4.79 Å².